The zero-order valence-corrected chi connectivity index (χ0v) is 9.50. The number of halogens is 1. The van der Waals surface area contributed by atoms with E-state index >= 15 is 0 Å². The number of fused-ring (bicyclic) bond motifs is 1. The third-order valence-electron chi connectivity index (χ3n) is 2.21. The maximum Gasteiger partial charge on any atom is 0.296 e. The summed E-state index contributed by atoms with van der Waals surface area (Å²) in [4.78, 5) is 22.5. The van der Waals surface area contributed by atoms with Crippen LogP contribution < -0.4 is 5.32 Å². The van der Waals surface area contributed by atoms with Gasteiger partial charge in [-0.2, -0.15) is 0 Å². The van der Waals surface area contributed by atoms with Crippen LogP contribution in [0.25, 0.3) is 0 Å². The van der Waals surface area contributed by atoms with Gasteiger partial charge in [0.25, 0.3) is 11.7 Å². The standard InChI is InChI=1S/C10H8BrNO3/c1-15-9(11)5-2-3-7-6(4-5)8(13)10(14)12-7/h2-4,9H,1H3,(H,12,13,14). The van der Waals surface area contributed by atoms with Crippen molar-refractivity contribution in [1.29, 1.82) is 0 Å². The van der Waals surface area contributed by atoms with Gasteiger partial charge in [-0.3, -0.25) is 9.59 Å². The number of methoxy groups -OCH3 is 1. The lowest BCUT2D eigenvalue weighted by Gasteiger charge is -2.08. The summed E-state index contributed by atoms with van der Waals surface area (Å²) in [6.45, 7) is 0. The number of carbonyl (C=O) groups is 2. The van der Waals surface area contributed by atoms with Crippen molar-refractivity contribution in [2.45, 2.75) is 5.01 Å². The SMILES string of the molecule is COC(Br)c1ccc2c(c1)C(=O)C(=O)N2. The number of hydrogen-bond donors (Lipinski definition) is 1. The molecule has 78 valence electrons. The maximum absolute atomic E-state index is 11.4. The fourth-order valence-electron chi connectivity index (χ4n) is 1.44. The fraction of sp³-hybridized carbons (Fsp3) is 0.200. The third-order valence-corrected chi connectivity index (χ3v) is 3.11. The zero-order chi connectivity index (χ0) is 11.0. The molecule has 0 radical (unpaired) electrons. The van der Waals surface area contributed by atoms with Crippen molar-refractivity contribution >= 4 is 33.3 Å². The van der Waals surface area contributed by atoms with Crippen molar-refractivity contribution in [2.24, 2.45) is 0 Å². The van der Waals surface area contributed by atoms with Gasteiger partial charge in [0, 0.05) is 7.11 Å². The molecule has 1 aromatic carbocycles. The van der Waals surface area contributed by atoms with E-state index < -0.39 is 11.7 Å². The quantitative estimate of drug-likeness (QED) is 0.659. The molecule has 1 N–H and O–H groups in total. The lowest BCUT2D eigenvalue weighted by Crippen LogP contribution is -2.12. The number of rotatable bonds is 2. The molecule has 1 unspecified atom stereocenters. The number of hydrogen-bond acceptors (Lipinski definition) is 3. The summed E-state index contributed by atoms with van der Waals surface area (Å²) < 4.78 is 5.06. The molecule has 0 saturated carbocycles. The van der Waals surface area contributed by atoms with E-state index in [0.717, 1.165) is 5.56 Å². The van der Waals surface area contributed by atoms with Crippen LogP contribution in [0.4, 0.5) is 5.69 Å². The second-order valence-corrected chi connectivity index (χ2v) is 3.97. The molecule has 4 nitrogen and oxygen atoms in total. The number of amides is 1. The first-order chi connectivity index (χ1) is 7.13. The van der Waals surface area contributed by atoms with Gasteiger partial charge in [0.1, 0.15) is 5.01 Å². The number of nitrogens with one attached hydrogen (secondary N) is 1. The largest absolute Gasteiger partial charge is 0.365 e. The summed E-state index contributed by atoms with van der Waals surface area (Å²) in [6, 6.07) is 5.14. The van der Waals surface area contributed by atoms with Crippen molar-refractivity contribution in [1.82, 2.24) is 0 Å². The minimum atomic E-state index is -0.578. The number of carbonyl (C=O) groups excluding carboxylic acids is 2. The van der Waals surface area contributed by atoms with E-state index in [1.54, 1.807) is 25.3 Å². The number of anilines is 1. The van der Waals surface area contributed by atoms with E-state index in [4.69, 9.17) is 4.74 Å². The highest BCUT2D eigenvalue weighted by Gasteiger charge is 2.28. The molecule has 0 aliphatic carbocycles. The Morgan fingerprint density at radius 1 is 1.40 bits per heavy atom. The lowest BCUT2D eigenvalue weighted by molar-refractivity contribution is -0.112. The number of ether oxygens (including phenoxy) is 1. The maximum atomic E-state index is 11.4. The van der Waals surface area contributed by atoms with Crippen LogP contribution in [0.15, 0.2) is 18.2 Å². The summed E-state index contributed by atoms with van der Waals surface area (Å²) in [5.74, 6) is -1.08. The van der Waals surface area contributed by atoms with Gasteiger partial charge in [0.15, 0.2) is 0 Å². The second-order valence-electron chi connectivity index (χ2n) is 3.14. The normalized spacial score (nSPS) is 16.1. The van der Waals surface area contributed by atoms with E-state index in [1.807, 2.05) is 0 Å². The summed E-state index contributed by atoms with van der Waals surface area (Å²) in [5, 5.41) is 2.21. The van der Waals surface area contributed by atoms with Crippen LogP contribution in [0.1, 0.15) is 20.9 Å². The molecule has 1 aromatic rings. The Morgan fingerprint density at radius 2 is 2.13 bits per heavy atom. The summed E-state index contributed by atoms with van der Waals surface area (Å²) in [6.07, 6.45) is 0. The molecule has 0 bridgehead atoms. The van der Waals surface area contributed by atoms with Crippen molar-refractivity contribution in [3.8, 4) is 0 Å². The molecule has 1 aliphatic heterocycles. The van der Waals surface area contributed by atoms with Gasteiger partial charge < -0.3 is 10.1 Å². The number of ketones is 1. The lowest BCUT2D eigenvalue weighted by atomic mass is 10.1. The molecule has 0 fully saturated rings. The molecule has 0 saturated heterocycles. The van der Waals surface area contributed by atoms with E-state index in [1.165, 1.54) is 0 Å². The van der Waals surface area contributed by atoms with Crippen LogP contribution in [0.3, 0.4) is 0 Å². The van der Waals surface area contributed by atoms with Gasteiger partial charge in [-0.15, -0.1) is 0 Å². The molecule has 0 spiro atoms. The van der Waals surface area contributed by atoms with Crippen molar-refractivity contribution in [3.05, 3.63) is 29.3 Å². The van der Waals surface area contributed by atoms with Gasteiger partial charge in [0.2, 0.25) is 0 Å². The van der Waals surface area contributed by atoms with E-state index in [2.05, 4.69) is 21.2 Å². The first-order valence-corrected chi connectivity index (χ1v) is 5.21. The Kier molecular flexibility index (Phi) is 2.58. The highest BCUT2D eigenvalue weighted by Crippen LogP contribution is 2.30. The Bertz CT molecular complexity index is 444. The second kappa shape index (κ2) is 3.75. The summed E-state index contributed by atoms with van der Waals surface area (Å²) in [5.41, 5.74) is 1.77. The molecule has 1 aliphatic rings. The third kappa shape index (κ3) is 1.68. The average Bonchev–Trinajstić information content (AvgIpc) is 2.54. The Hall–Kier alpha value is -1.20. The van der Waals surface area contributed by atoms with E-state index in [-0.39, 0.29) is 5.01 Å². The predicted octanol–water partition coefficient (Wildman–Crippen LogP) is 1.86. The predicted molar refractivity (Wildman–Crippen MR) is 58.1 cm³/mol. The van der Waals surface area contributed by atoms with Gasteiger partial charge >= 0.3 is 0 Å². The minimum Gasteiger partial charge on any atom is -0.365 e. The van der Waals surface area contributed by atoms with Gasteiger partial charge in [-0.25, -0.2) is 0 Å². The Morgan fingerprint density at radius 3 is 2.80 bits per heavy atom. The molecule has 2 rings (SSSR count). The van der Waals surface area contributed by atoms with Gasteiger partial charge in [-0.1, -0.05) is 22.0 Å². The molecule has 15 heavy (non-hydrogen) atoms. The van der Waals surface area contributed by atoms with Crippen LogP contribution in [-0.4, -0.2) is 18.8 Å². The monoisotopic (exact) mass is 269 g/mol. The molecule has 1 heterocycles. The van der Waals surface area contributed by atoms with Crippen LogP contribution in [0.5, 0.6) is 0 Å². The van der Waals surface area contributed by atoms with Crippen LogP contribution in [-0.2, 0) is 9.53 Å². The zero-order valence-electron chi connectivity index (χ0n) is 7.91. The first kappa shape index (κ1) is 10.3. The average molecular weight is 270 g/mol. The Balaban J connectivity index is 2.44. The van der Waals surface area contributed by atoms with Crippen LogP contribution in [0, 0.1) is 0 Å². The van der Waals surface area contributed by atoms with Gasteiger partial charge in [-0.05, 0) is 17.7 Å². The van der Waals surface area contributed by atoms with E-state index in [0.29, 0.717) is 11.3 Å². The number of benzene rings is 1. The summed E-state index contributed by atoms with van der Waals surface area (Å²) >= 11 is 3.29. The highest BCUT2D eigenvalue weighted by atomic mass is 79.9. The summed E-state index contributed by atoms with van der Waals surface area (Å²) in [7, 11) is 1.55. The minimum absolute atomic E-state index is 0.272. The van der Waals surface area contributed by atoms with E-state index in [9.17, 15) is 9.59 Å². The number of Topliss-reactive ketones (excluding diaryl/α,β-unsaturated/α-hetero) is 1. The molecule has 0 aromatic heterocycles. The number of alkyl halides is 1. The smallest absolute Gasteiger partial charge is 0.296 e. The highest BCUT2D eigenvalue weighted by molar-refractivity contribution is 9.09. The van der Waals surface area contributed by atoms with Gasteiger partial charge in [0.05, 0.1) is 11.3 Å². The topological polar surface area (TPSA) is 55.4 Å². The molecule has 5 heteroatoms. The first-order valence-electron chi connectivity index (χ1n) is 4.30. The Labute approximate surface area is 94.7 Å². The molecule has 1 atom stereocenters. The molecular weight excluding hydrogens is 262 g/mol. The van der Waals surface area contributed by atoms with Crippen LogP contribution in [0.2, 0.25) is 0 Å². The van der Waals surface area contributed by atoms with Crippen molar-refractivity contribution in [3.63, 3.8) is 0 Å². The van der Waals surface area contributed by atoms with Crippen LogP contribution >= 0.6 is 15.9 Å². The van der Waals surface area contributed by atoms with Crippen molar-refractivity contribution < 1.29 is 14.3 Å². The molecular formula is C10H8BrNO3. The molecule has 1 amide bonds. The van der Waals surface area contributed by atoms with Crippen molar-refractivity contribution in [2.75, 3.05) is 12.4 Å². The fourth-order valence-corrected chi connectivity index (χ4v) is 1.72.